The van der Waals surface area contributed by atoms with E-state index in [-0.39, 0.29) is 23.2 Å². The van der Waals surface area contributed by atoms with E-state index in [2.05, 4.69) is 15.0 Å². The van der Waals surface area contributed by atoms with Gasteiger partial charge in [-0.2, -0.15) is 18.2 Å². The zero-order valence-corrected chi connectivity index (χ0v) is 18.3. The Morgan fingerprint density at radius 1 is 1.09 bits per heavy atom. The highest BCUT2D eigenvalue weighted by molar-refractivity contribution is 6.33. The molecule has 0 fully saturated rings. The van der Waals surface area contributed by atoms with Gasteiger partial charge in [-0.3, -0.25) is 9.78 Å². The van der Waals surface area contributed by atoms with Crippen molar-refractivity contribution in [1.29, 1.82) is 0 Å². The van der Waals surface area contributed by atoms with Gasteiger partial charge in [-0.1, -0.05) is 48.0 Å². The number of nitrogens with zero attached hydrogens (tertiary/aromatic N) is 3. The molecule has 3 rings (SSSR count). The van der Waals surface area contributed by atoms with Crippen LogP contribution in [0.2, 0.25) is 5.02 Å². The molecule has 2 aromatic carbocycles. The van der Waals surface area contributed by atoms with Crippen molar-refractivity contribution < 1.29 is 18.0 Å². The second kappa shape index (κ2) is 8.74. The summed E-state index contributed by atoms with van der Waals surface area (Å²) in [7, 11) is 1.30. The average Bonchev–Trinajstić information content (AvgIpc) is 2.73. The number of hydrogen-bond donors (Lipinski definition) is 1. The monoisotopic (exact) mass is 464 g/mol. The number of carbonyl (C=O) groups excluding carboxylic acids is 1. The Labute approximate surface area is 187 Å². The van der Waals surface area contributed by atoms with E-state index in [1.54, 1.807) is 36.4 Å². The van der Waals surface area contributed by atoms with E-state index in [4.69, 9.17) is 11.6 Å². The molecule has 0 aliphatic rings. The molecule has 0 unspecified atom stereocenters. The van der Waals surface area contributed by atoms with Crippen molar-refractivity contribution in [2.45, 2.75) is 26.6 Å². The number of benzene rings is 2. The van der Waals surface area contributed by atoms with Crippen LogP contribution in [-0.2, 0) is 11.3 Å². The number of carbonyl (C=O) groups is 1. The van der Waals surface area contributed by atoms with Gasteiger partial charge in [-0.05, 0) is 31.5 Å². The molecule has 168 valence electrons. The van der Waals surface area contributed by atoms with Crippen LogP contribution in [0.5, 0.6) is 0 Å². The summed E-state index contributed by atoms with van der Waals surface area (Å²) in [6, 6.07) is 13.6. The lowest BCUT2D eigenvalue weighted by Crippen LogP contribution is -2.47. The number of rotatable bonds is 5. The number of nitrogens with one attached hydrogen (secondary N) is 1. The third kappa shape index (κ3) is 4.83. The SMILES string of the molecule is CN(Cc1ccc(Cl)c(-c2nc(-c3ccccc3)nc(=O)[nH]2)c1)C(=O)C(C)(C)C(F)(F)F. The summed E-state index contributed by atoms with van der Waals surface area (Å²) in [4.78, 5) is 36.3. The summed E-state index contributed by atoms with van der Waals surface area (Å²) in [6.45, 7) is 1.59. The van der Waals surface area contributed by atoms with E-state index in [9.17, 15) is 22.8 Å². The number of amides is 1. The number of hydrogen-bond acceptors (Lipinski definition) is 4. The zero-order chi connectivity index (χ0) is 23.7. The molecule has 0 atom stereocenters. The Morgan fingerprint density at radius 2 is 1.75 bits per heavy atom. The predicted octanol–water partition coefficient (Wildman–Crippen LogP) is 4.70. The van der Waals surface area contributed by atoms with Gasteiger partial charge in [0.15, 0.2) is 5.82 Å². The highest BCUT2D eigenvalue weighted by atomic mass is 35.5. The summed E-state index contributed by atoms with van der Waals surface area (Å²) in [5.74, 6) is -0.714. The Morgan fingerprint density at radius 3 is 2.38 bits per heavy atom. The standard InChI is InChI=1S/C22H20ClF3N4O2/c1-21(2,22(24,25)26)19(31)30(3)12-13-9-10-16(23)15(11-13)18-27-17(28-20(32)29-18)14-7-5-4-6-8-14/h4-11H,12H2,1-3H3,(H,27,28,29,32). The lowest BCUT2D eigenvalue weighted by atomic mass is 9.90. The molecule has 0 saturated carbocycles. The van der Waals surface area contributed by atoms with Gasteiger partial charge in [0.05, 0.1) is 5.02 Å². The molecule has 3 aromatic rings. The van der Waals surface area contributed by atoms with Crippen molar-refractivity contribution in [3.05, 3.63) is 69.6 Å². The summed E-state index contributed by atoms with van der Waals surface area (Å²) in [6.07, 6.45) is -4.68. The quantitative estimate of drug-likeness (QED) is 0.593. The van der Waals surface area contributed by atoms with Gasteiger partial charge >= 0.3 is 11.9 Å². The fourth-order valence-electron chi connectivity index (χ4n) is 3.02. The predicted molar refractivity (Wildman–Crippen MR) is 115 cm³/mol. The minimum atomic E-state index is -4.68. The van der Waals surface area contributed by atoms with Crippen LogP contribution in [-0.4, -0.2) is 39.0 Å². The first kappa shape index (κ1) is 23.5. The minimum absolute atomic E-state index is 0.0939. The second-order valence-corrected chi connectivity index (χ2v) is 8.20. The smallest absolute Gasteiger partial charge is 0.341 e. The molecule has 32 heavy (non-hydrogen) atoms. The molecule has 1 aromatic heterocycles. The molecule has 0 radical (unpaired) electrons. The number of aromatic amines is 1. The lowest BCUT2D eigenvalue weighted by molar-refractivity contribution is -0.216. The highest BCUT2D eigenvalue weighted by Gasteiger charge is 2.53. The number of alkyl halides is 3. The molecule has 0 aliphatic carbocycles. The van der Waals surface area contributed by atoms with Crippen LogP contribution >= 0.6 is 11.6 Å². The molecule has 0 aliphatic heterocycles. The summed E-state index contributed by atoms with van der Waals surface area (Å²) in [5, 5.41) is 0.270. The van der Waals surface area contributed by atoms with E-state index >= 15 is 0 Å². The topological polar surface area (TPSA) is 79.0 Å². The van der Waals surface area contributed by atoms with Crippen molar-refractivity contribution >= 4 is 17.5 Å². The first-order chi connectivity index (χ1) is 14.9. The molecule has 1 heterocycles. The van der Waals surface area contributed by atoms with Gasteiger partial charge in [-0.15, -0.1) is 0 Å². The summed E-state index contributed by atoms with van der Waals surface area (Å²) >= 11 is 6.30. The Hall–Kier alpha value is -3.20. The van der Waals surface area contributed by atoms with Gasteiger partial charge in [-0.25, -0.2) is 9.78 Å². The maximum atomic E-state index is 13.2. The van der Waals surface area contributed by atoms with Gasteiger partial charge in [0, 0.05) is 24.7 Å². The molecule has 0 bridgehead atoms. The zero-order valence-electron chi connectivity index (χ0n) is 17.5. The fraction of sp³-hybridized carbons (Fsp3) is 0.273. The number of aromatic nitrogens is 3. The van der Waals surface area contributed by atoms with Crippen LogP contribution in [0.25, 0.3) is 22.8 Å². The second-order valence-electron chi connectivity index (χ2n) is 7.79. The molecule has 1 amide bonds. The molecular weight excluding hydrogens is 445 g/mol. The lowest BCUT2D eigenvalue weighted by Gasteiger charge is -2.31. The molecule has 10 heteroatoms. The third-order valence-corrected chi connectivity index (χ3v) is 5.31. The molecule has 6 nitrogen and oxygen atoms in total. The largest absolute Gasteiger partial charge is 0.402 e. The number of halogens is 4. The molecular formula is C22H20ClF3N4O2. The number of H-pyrrole nitrogens is 1. The first-order valence-electron chi connectivity index (χ1n) is 9.55. The van der Waals surface area contributed by atoms with Gasteiger partial charge in [0.1, 0.15) is 11.2 Å². The van der Waals surface area contributed by atoms with Crippen LogP contribution in [0, 0.1) is 5.41 Å². The minimum Gasteiger partial charge on any atom is -0.341 e. The van der Waals surface area contributed by atoms with E-state index in [0.29, 0.717) is 16.7 Å². The fourth-order valence-corrected chi connectivity index (χ4v) is 3.23. The summed E-state index contributed by atoms with van der Waals surface area (Å²) < 4.78 is 39.7. The van der Waals surface area contributed by atoms with Crippen molar-refractivity contribution in [3.8, 4) is 22.8 Å². The van der Waals surface area contributed by atoms with Crippen molar-refractivity contribution in [2.24, 2.45) is 5.41 Å². The Bertz CT molecular complexity index is 1190. The van der Waals surface area contributed by atoms with Crippen molar-refractivity contribution in [2.75, 3.05) is 7.05 Å². The normalized spacial score (nSPS) is 12.0. The highest BCUT2D eigenvalue weighted by Crippen LogP contribution is 2.39. The van der Waals surface area contributed by atoms with Gasteiger partial charge in [0.2, 0.25) is 5.91 Å². The molecule has 0 saturated heterocycles. The van der Waals surface area contributed by atoms with Gasteiger partial charge in [0.25, 0.3) is 0 Å². The van der Waals surface area contributed by atoms with E-state index in [0.717, 1.165) is 18.7 Å². The van der Waals surface area contributed by atoms with E-state index < -0.39 is 23.2 Å². The first-order valence-corrected chi connectivity index (χ1v) is 9.93. The molecule has 1 N–H and O–H groups in total. The summed E-state index contributed by atoms with van der Waals surface area (Å²) in [5.41, 5.74) is -1.66. The van der Waals surface area contributed by atoms with E-state index in [1.807, 2.05) is 6.07 Å². The average molecular weight is 465 g/mol. The Kier molecular flexibility index (Phi) is 6.41. The van der Waals surface area contributed by atoms with Crippen LogP contribution in [0.15, 0.2) is 53.3 Å². The van der Waals surface area contributed by atoms with Gasteiger partial charge < -0.3 is 4.90 Å². The van der Waals surface area contributed by atoms with Crippen molar-refractivity contribution in [3.63, 3.8) is 0 Å². The van der Waals surface area contributed by atoms with Crippen LogP contribution < -0.4 is 5.69 Å². The van der Waals surface area contributed by atoms with Crippen LogP contribution in [0.4, 0.5) is 13.2 Å². The van der Waals surface area contributed by atoms with Crippen LogP contribution in [0.1, 0.15) is 19.4 Å². The molecule has 0 spiro atoms. The van der Waals surface area contributed by atoms with Crippen molar-refractivity contribution in [1.82, 2.24) is 19.9 Å². The maximum Gasteiger partial charge on any atom is 0.402 e. The van der Waals surface area contributed by atoms with E-state index in [1.165, 1.54) is 13.1 Å². The van der Waals surface area contributed by atoms with Crippen LogP contribution in [0.3, 0.4) is 0 Å². The maximum absolute atomic E-state index is 13.2. The Balaban J connectivity index is 1.94. The third-order valence-electron chi connectivity index (χ3n) is 4.98.